The summed E-state index contributed by atoms with van der Waals surface area (Å²) in [4.78, 5) is 4.75. The zero-order valence-corrected chi connectivity index (χ0v) is 11.1. The van der Waals surface area contributed by atoms with Gasteiger partial charge in [0.25, 0.3) is 0 Å². The molecule has 2 fully saturated rings. The van der Waals surface area contributed by atoms with Crippen molar-refractivity contribution in [2.75, 3.05) is 6.54 Å². The minimum absolute atomic E-state index is 0.197. The van der Waals surface area contributed by atoms with Crippen LogP contribution in [0.5, 0.6) is 0 Å². The van der Waals surface area contributed by atoms with E-state index in [1.807, 2.05) is 6.07 Å². The van der Waals surface area contributed by atoms with Crippen molar-refractivity contribution in [3.8, 4) is 0 Å². The molecule has 100 valence electrons. The highest BCUT2D eigenvalue weighted by molar-refractivity contribution is 5.76. The summed E-state index contributed by atoms with van der Waals surface area (Å²) in [5.41, 5.74) is 1.90. The van der Waals surface area contributed by atoms with Gasteiger partial charge >= 0.3 is 0 Å². The molecule has 3 nitrogen and oxygen atoms in total. The Morgan fingerprint density at radius 3 is 2.84 bits per heavy atom. The second-order valence-electron chi connectivity index (χ2n) is 5.84. The first-order valence-electron chi connectivity index (χ1n) is 7.15. The second kappa shape index (κ2) is 4.04. The number of aromatic nitrogens is 2. The van der Waals surface area contributed by atoms with Gasteiger partial charge in [0.15, 0.2) is 0 Å². The van der Waals surface area contributed by atoms with Crippen molar-refractivity contribution < 1.29 is 4.39 Å². The molecule has 1 aromatic heterocycles. The molecule has 1 aromatic carbocycles. The van der Waals surface area contributed by atoms with E-state index in [-0.39, 0.29) is 5.82 Å². The van der Waals surface area contributed by atoms with Crippen LogP contribution >= 0.6 is 0 Å². The largest absolute Gasteiger partial charge is 0.325 e. The Morgan fingerprint density at radius 2 is 2.16 bits per heavy atom. The molecule has 4 heteroatoms. The lowest BCUT2D eigenvalue weighted by molar-refractivity contribution is 0.538. The number of hydrogen-bond donors (Lipinski definition) is 1. The standard InChI is InChI=1S/C15H18FN3/c1-9-12(6-7-17-9)15-18-13-8-10(16)2-5-14(13)19(15)11-3-4-11/h2,5,8-9,11-12,17H,3-4,6-7H2,1H3. The van der Waals surface area contributed by atoms with E-state index in [2.05, 4.69) is 16.8 Å². The molecule has 1 N–H and O–H groups in total. The number of halogens is 1. The van der Waals surface area contributed by atoms with Gasteiger partial charge in [0, 0.05) is 24.1 Å². The van der Waals surface area contributed by atoms with Crippen LogP contribution in [0.4, 0.5) is 4.39 Å². The third-order valence-electron chi connectivity index (χ3n) is 4.45. The van der Waals surface area contributed by atoms with Crippen LogP contribution in [0, 0.1) is 5.82 Å². The SMILES string of the molecule is CC1NCCC1c1nc2cc(F)ccc2n1C1CC1. The third kappa shape index (κ3) is 1.77. The van der Waals surface area contributed by atoms with Crippen molar-refractivity contribution >= 4 is 11.0 Å². The summed E-state index contributed by atoms with van der Waals surface area (Å²) >= 11 is 0. The lowest BCUT2D eigenvalue weighted by atomic mass is 10.0. The van der Waals surface area contributed by atoms with Crippen molar-refractivity contribution in [1.29, 1.82) is 0 Å². The first-order valence-corrected chi connectivity index (χ1v) is 7.15. The fourth-order valence-corrected chi connectivity index (χ4v) is 3.28. The monoisotopic (exact) mass is 259 g/mol. The highest BCUT2D eigenvalue weighted by Gasteiger charge is 2.34. The van der Waals surface area contributed by atoms with Crippen LogP contribution in [0.2, 0.25) is 0 Å². The third-order valence-corrected chi connectivity index (χ3v) is 4.45. The minimum atomic E-state index is -0.197. The van der Waals surface area contributed by atoms with E-state index < -0.39 is 0 Å². The normalized spacial score (nSPS) is 27.3. The number of imidazole rings is 1. The Hall–Kier alpha value is -1.42. The molecule has 1 aliphatic carbocycles. The van der Waals surface area contributed by atoms with Crippen LogP contribution in [0.25, 0.3) is 11.0 Å². The Balaban J connectivity index is 1.91. The first kappa shape index (κ1) is 11.4. The van der Waals surface area contributed by atoms with Gasteiger partial charge in [0.1, 0.15) is 11.6 Å². The fraction of sp³-hybridized carbons (Fsp3) is 0.533. The average Bonchev–Trinajstić information content (AvgIpc) is 3.03. The maximum atomic E-state index is 13.4. The van der Waals surface area contributed by atoms with Crippen molar-refractivity contribution in [3.05, 3.63) is 29.8 Å². The molecule has 2 aliphatic rings. The Morgan fingerprint density at radius 1 is 1.32 bits per heavy atom. The highest BCUT2D eigenvalue weighted by atomic mass is 19.1. The summed E-state index contributed by atoms with van der Waals surface area (Å²) in [6.07, 6.45) is 3.58. The van der Waals surface area contributed by atoms with Gasteiger partial charge in [-0.3, -0.25) is 0 Å². The number of fused-ring (bicyclic) bond motifs is 1. The van der Waals surface area contributed by atoms with E-state index in [4.69, 9.17) is 4.98 Å². The molecule has 2 unspecified atom stereocenters. The molecular formula is C15H18FN3. The Bertz CT molecular complexity index is 630. The van der Waals surface area contributed by atoms with E-state index in [1.54, 1.807) is 12.1 Å². The number of rotatable bonds is 2. The van der Waals surface area contributed by atoms with Crippen LogP contribution in [-0.4, -0.2) is 22.1 Å². The zero-order valence-electron chi connectivity index (χ0n) is 11.1. The number of benzene rings is 1. The van der Waals surface area contributed by atoms with Crippen molar-refractivity contribution in [2.45, 2.75) is 44.2 Å². The van der Waals surface area contributed by atoms with E-state index in [1.165, 1.54) is 12.8 Å². The number of nitrogens with one attached hydrogen (secondary N) is 1. The second-order valence-corrected chi connectivity index (χ2v) is 5.84. The lowest BCUT2D eigenvalue weighted by Gasteiger charge is -2.16. The van der Waals surface area contributed by atoms with Gasteiger partial charge < -0.3 is 9.88 Å². The highest BCUT2D eigenvalue weighted by Crippen LogP contribution is 2.41. The molecule has 2 heterocycles. The molecule has 2 aromatic rings. The van der Waals surface area contributed by atoms with Gasteiger partial charge in [-0.2, -0.15) is 0 Å². The summed E-state index contributed by atoms with van der Waals surface area (Å²) in [5, 5.41) is 3.48. The van der Waals surface area contributed by atoms with E-state index in [9.17, 15) is 4.39 Å². The van der Waals surface area contributed by atoms with Crippen LogP contribution in [-0.2, 0) is 0 Å². The maximum Gasteiger partial charge on any atom is 0.125 e. The van der Waals surface area contributed by atoms with Crippen LogP contribution in [0.3, 0.4) is 0 Å². The molecule has 19 heavy (non-hydrogen) atoms. The van der Waals surface area contributed by atoms with Gasteiger partial charge in [0.2, 0.25) is 0 Å². The van der Waals surface area contributed by atoms with Crippen LogP contribution in [0.1, 0.15) is 44.0 Å². The molecule has 0 bridgehead atoms. The molecule has 1 saturated carbocycles. The molecule has 0 spiro atoms. The van der Waals surface area contributed by atoms with Crippen LogP contribution in [0.15, 0.2) is 18.2 Å². The molecule has 4 rings (SSSR count). The molecule has 0 amide bonds. The minimum Gasteiger partial charge on any atom is -0.325 e. The predicted octanol–water partition coefficient (Wildman–Crippen LogP) is 2.98. The van der Waals surface area contributed by atoms with E-state index >= 15 is 0 Å². The van der Waals surface area contributed by atoms with Gasteiger partial charge in [-0.15, -0.1) is 0 Å². The van der Waals surface area contributed by atoms with Gasteiger partial charge in [-0.25, -0.2) is 9.37 Å². The molecule has 0 radical (unpaired) electrons. The van der Waals surface area contributed by atoms with Crippen molar-refractivity contribution in [1.82, 2.24) is 14.9 Å². The molecular weight excluding hydrogens is 241 g/mol. The predicted molar refractivity (Wildman–Crippen MR) is 72.8 cm³/mol. The van der Waals surface area contributed by atoms with E-state index in [0.717, 1.165) is 29.8 Å². The topological polar surface area (TPSA) is 29.9 Å². The summed E-state index contributed by atoms with van der Waals surface area (Å²) in [7, 11) is 0. The van der Waals surface area contributed by atoms with E-state index in [0.29, 0.717) is 18.0 Å². The lowest BCUT2D eigenvalue weighted by Crippen LogP contribution is -2.23. The Kier molecular flexibility index (Phi) is 2.42. The molecule has 1 aliphatic heterocycles. The number of hydrogen-bond acceptors (Lipinski definition) is 2. The van der Waals surface area contributed by atoms with Gasteiger partial charge in [-0.05, 0) is 44.9 Å². The average molecular weight is 259 g/mol. The molecule has 2 atom stereocenters. The quantitative estimate of drug-likeness (QED) is 0.898. The first-order chi connectivity index (χ1) is 9.24. The summed E-state index contributed by atoms with van der Waals surface area (Å²) in [5.74, 6) is 1.41. The Labute approximate surface area is 111 Å². The van der Waals surface area contributed by atoms with Gasteiger partial charge in [-0.1, -0.05) is 0 Å². The summed E-state index contributed by atoms with van der Waals surface area (Å²) in [6.45, 7) is 3.27. The zero-order chi connectivity index (χ0) is 13.0. The van der Waals surface area contributed by atoms with Gasteiger partial charge in [0.05, 0.1) is 11.0 Å². The maximum absolute atomic E-state index is 13.4. The van der Waals surface area contributed by atoms with Crippen LogP contribution < -0.4 is 5.32 Å². The summed E-state index contributed by atoms with van der Waals surface area (Å²) < 4.78 is 15.8. The molecule has 1 saturated heterocycles. The smallest absolute Gasteiger partial charge is 0.125 e. The summed E-state index contributed by atoms with van der Waals surface area (Å²) in [6, 6.07) is 6.03. The van der Waals surface area contributed by atoms with Crippen molar-refractivity contribution in [3.63, 3.8) is 0 Å². The number of nitrogens with zero attached hydrogens (tertiary/aromatic N) is 2. The fourth-order valence-electron chi connectivity index (χ4n) is 3.28. The van der Waals surface area contributed by atoms with Crippen molar-refractivity contribution in [2.24, 2.45) is 0 Å².